The van der Waals surface area contributed by atoms with E-state index >= 15 is 0 Å². The van der Waals surface area contributed by atoms with Crippen LogP contribution < -0.4 is 10.1 Å². The molecule has 0 unspecified atom stereocenters. The molecule has 6 heteroatoms. The average Bonchev–Trinajstić information content (AvgIpc) is 2.60. The zero-order valence-electron chi connectivity index (χ0n) is 14.8. The molecule has 1 aliphatic heterocycles. The van der Waals surface area contributed by atoms with Gasteiger partial charge in [-0.25, -0.2) is 4.98 Å². The van der Waals surface area contributed by atoms with Gasteiger partial charge in [-0.05, 0) is 45.0 Å². The highest BCUT2D eigenvalue weighted by atomic mass is 16.5. The molecule has 0 radical (unpaired) electrons. The normalized spacial score (nSPS) is 15.2. The predicted octanol–water partition coefficient (Wildman–Crippen LogP) is 2.23. The molecule has 0 aliphatic carbocycles. The van der Waals surface area contributed by atoms with E-state index in [1.54, 1.807) is 24.3 Å². The van der Waals surface area contributed by atoms with E-state index in [4.69, 9.17) is 4.74 Å². The van der Waals surface area contributed by atoms with Crippen LogP contribution in [0.5, 0.6) is 5.75 Å². The number of esters is 1. The highest BCUT2D eigenvalue weighted by Gasteiger charge is 2.24. The highest BCUT2D eigenvalue weighted by molar-refractivity contribution is 5.95. The molecule has 25 heavy (non-hydrogen) atoms. The van der Waals surface area contributed by atoms with Crippen LogP contribution in [0.3, 0.4) is 0 Å². The fourth-order valence-electron chi connectivity index (χ4n) is 2.58. The molecule has 1 fully saturated rings. The third kappa shape index (κ3) is 3.96. The van der Waals surface area contributed by atoms with Crippen LogP contribution in [0, 0.1) is 5.41 Å². The molecule has 3 rings (SSSR count). The summed E-state index contributed by atoms with van der Waals surface area (Å²) in [7, 11) is 0. The number of piperazine rings is 1. The lowest BCUT2D eigenvalue weighted by Gasteiger charge is -2.27. The molecule has 0 saturated carbocycles. The van der Waals surface area contributed by atoms with Crippen molar-refractivity contribution in [3.8, 4) is 5.75 Å². The first-order chi connectivity index (χ1) is 11.8. The Morgan fingerprint density at radius 3 is 2.52 bits per heavy atom. The van der Waals surface area contributed by atoms with E-state index in [0.717, 1.165) is 18.5 Å². The van der Waals surface area contributed by atoms with Crippen molar-refractivity contribution in [3.05, 3.63) is 36.0 Å². The van der Waals surface area contributed by atoms with Gasteiger partial charge in [-0.1, -0.05) is 6.07 Å². The molecule has 1 aromatic carbocycles. The van der Waals surface area contributed by atoms with E-state index in [1.165, 1.54) is 0 Å². The second-order valence-electron chi connectivity index (χ2n) is 7.23. The second kappa shape index (κ2) is 6.80. The number of hydrogen-bond acceptors (Lipinski definition) is 5. The fourth-order valence-corrected chi connectivity index (χ4v) is 2.58. The third-order valence-corrected chi connectivity index (χ3v) is 4.11. The molecule has 6 nitrogen and oxygen atoms in total. The van der Waals surface area contributed by atoms with E-state index in [0.29, 0.717) is 30.0 Å². The Kier molecular flexibility index (Phi) is 4.72. The van der Waals surface area contributed by atoms with Crippen molar-refractivity contribution in [1.82, 2.24) is 15.2 Å². The molecule has 1 aliphatic rings. The number of pyridine rings is 1. The number of aromatic nitrogens is 1. The van der Waals surface area contributed by atoms with Gasteiger partial charge in [-0.3, -0.25) is 9.59 Å². The number of ether oxygens (including phenoxy) is 1. The van der Waals surface area contributed by atoms with E-state index in [9.17, 15) is 9.59 Å². The van der Waals surface area contributed by atoms with Crippen LogP contribution in [-0.4, -0.2) is 47.9 Å². The molecular weight excluding hydrogens is 318 g/mol. The summed E-state index contributed by atoms with van der Waals surface area (Å²) in [6, 6.07) is 8.81. The molecular formula is C19H23N3O3. The summed E-state index contributed by atoms with van der Waals surface area (Å²) in [5, 5.41) is 4.06. The minimum Gasteiger partial charge on any atom is -0.426 e. The number of rotatable bonds is 2. The smallest absolute Gasteiger partial charge is 0.316 e. The standard InChI is InChI=1S/C19H23N3O3/c1-19(2,3)18(24)25-14-5-7-15-13(12-14)4-6-16(21-15)17(23)22-10-8-20-9-11-22/h4-7,12,20H,8-11H2,1-3H3. The average molecular weight is 341 g/mol. The predicted molar refractivity (Wildman–Crippen MR) is 95.6 cm³/mol. The van der Waals surface area contributed by atoms with E-state index in [1.807, 2.05) is 31.7 Å². The SMILES string of the molecule is CC(C)(C)C(=O)Oc1ccc2nc(C(=O)N3CCNCC3)ccc2c1. The lowest BCUT2D eigenvalue weighted by molar-refractivity contribution is -0.142. The maximum atomic E-state index is 12.5. The number of hydrogen-bond donors (Lipinski definition) is 1. The summed E-state index contributed by atoms with van der Waals surface area (Å²) in [6.45, 7) is 8.44. The lowest BCUT2D eigenvalue weighted by atomic mass is 9.97. The van der Waals surface area contributed by atoms with Gasteiger partial charge in [0.05, 0.1) is 10.9 Å². The minimum absolute atomic E-state index is 0.0494. The molecule has 1 aromatic heterocycles. The Hall–Kier alpha value is -2.47. The van der Waals surface area contributed by atoms with Gasteiger partial charge in [-0.15, -0.1) is 0 Å². The van der Waals surface area contributed by atoms with Gasteiger partial charge in [0.2, 0.25) is 0 Å². The van der Waals surface area contributed by atoms with Crippen LogP contribution in [-0.2, 0) is 4.79 Å². The molecule has 1 N–H and O–H groups in total. The Morgan fingerprint density at radius 1 is 1.12 bits per heavy atom. The first kappa shape index (κ1) is 17.4. The van der Waals surface area contributed by atoms with E-state index < -0.39 is 5.41 Å². The quantitative estimate of drug-likeness (QED) is 0.670. The van der Waals surface area contributed by atoms with Crippen molar-refractivity contribution >= 4 is 22.8 Å². The zero-order valence-corrected chi connectivity index (χ0v) is 14.8. The first-order valence-corrected chi connectivity index (χ1v) is 8.48. The largest absolute Gasteiger partial charge is 0.426 e. The number of fused-ring (bicyclic) bond motifs is 1. The Morgan fingerprint density at radius 2 is 1.84 bits per heavy atom. The Labute approximate surface area is 147 Å². The highest BCUT2D eigenvalue weighted by Crippen LogP contribution is 2.23. The molecule has 2 aromatic rings. The van der Waals surface area contributed by atoms with Crippen molar-refractivity contribution in [2.24, 2.45) is 5.41 Å². The Bertz CT molecular complexity index is 805. The van der Waals surface area contributed by atoms with Crippen molar-refractivity contribution in [1.29, 1.82) is 0 Å². The summed E-state index contributed by atoms with van der Waals surface area (Å²) in [4.78, 5) is 30.8. The van der Waals surface area contributed by atoms with Gasteiger partial charge in [0.1, 0.15) is 11.4 Å². The van der Waals surface area contributed by atoms with Gasteiger partial charge < -0.3 is 15.0 Å². The molecule has 2 heterocycles. The third-order valence-electron chi connectivity index (χ3n) is 4.11. The van der Waals surface area contributed by atoms with Crippen molar-refractivity contribution < 1.29 is 14.3 Å². The van der Waals surface area contributed by atoms with Gasteiger partial charge >= 0.3 is 5.97 Å². The maximum Gasteiger partial charge on any atom is 0.316 e. The van der Waals surface area contributed by atoms with Crippen LogP contribution in [0.4, 0.5) is 0 Å². The maximum absolute atomic E-state index is 12.5. The first-order valence-electron chi connectivity index (χ1n) is 8.48. The summed E-state index contributed by atoms with van der Waals surface area (Å²) in [5.74, 6) is 0.146. The van der Waals surface area contributed by atoms with Crippen molar-refractivity contribution in [2.45, 2.75) is 20.8 Å². The monoisotopic (exact) mass is 341 g/mol. The van der Waals surface area contributed by atoms with Crippen molar-refractivity contribution in [3.63, 3.8) is 0 Å². The topological polar surface area (TPSA) is 71.5 Å². The number of benzene rings is 1. The lowest BCUT2D eigenvalue weighted by Crippen LogP contribution is -2.46. The summed E-state index contributed by atoms with van der Waals surface area (Å²) in [6.07, 6.45) is 0. The number of amides is 1. The number of nitrogens with one attached hydrogen (secondary N) is 1. The van der Waals surface area contributed by atoms with Crippen molar-refractivity contribution in [2.75, 3.05) is 26.2 Å². The summed E-state index contributed by atoms with van der Waals surface area (Å²) in [5.41, 5.74) is 0.581. The van der Waals surface area contributed by atoms with Crippen LogP contribution in [0.2, 0.25) is 0 Å². The number of carbonyl (C=O) groups is 2. The van der Waals surface area contributed by atoms with Crippen LogP contribution in [0.25, 0.3) is 10.9 Å². The molecule has 0 bridgehead atoms. The van der Waals surface area contributed by atoms with E-state index in [2.05, 4.69) is 10.3 Å². The molecule has 132 valence electrons. The van der Waals surface area contributed by atoms with Gasteiger partial charge in [0.15, 0.2) is 0 Å². The molecule has 1 saturated heterocycles. The number of nitrogens with zero attached hydrogens (tertiary/aromatic N) is 2. The van der Waals surface area contributed by atoms with E-state index in [-0.39, 0.29) is 11.9 Å². The van der Waals surface area contributed by atoms with Gasteiger partial charge in [0.25, 0.3) is 5.91 Å². The molecule has 0 spiro atoms. The van der Waals surface area contributed by atoms with Crippen LogP contribution >= 0.6 is 0 Å². The Balaban J connectivity index is 1.81. The number of carbonyl (C=O) groups excluding carboxylic acids is 2. The minimum atomic E-state index is -0.563. The van der Waals surface area contributed by atoms with Crippen LogP contribution in [0.1, 0.15) is 31.3 Å². The van der Waals surface area contributed by atoms with Crippen LogP contribution in [0.15, 0.2) is 30.3 Å². The fraction of sp³-hybridized carbons (Fsp3) is 0.421. The van der Waals surface area contributed by atoms with Gasteiger partial charge in [0, 0.05) is 31.6 Å². The summed E-state index contributed by atoms with van der Waals surface area (Å²) < 4.78 is 5.41. The molecule has 1 amide bonds. The molecule has 0 atom stereocenters. The van der Waals surface area contributed by atoms with Gasteiger partial charge in [-0.2, -0.15) is 0 Å². The summed E-state index contributed by atoms with van der Waals surface area (Å²) >= 11 is 0. The second-order valence-corrected chi connectivity index (χ2v) is 7.23. The zero-order chi connectivity index (χ0) is 18.0.